The Balaban J connectivity index is 2.00. The molecule has 10 nitrogen and oxygen atoms in total. The Morgan fingerprint density at radius 2 is 1.50 bits per heavy atom. The van der Waals surface area contributed by atoms with Crippen LogP contribution in [0.15, 0.2) is 70.5 Å². The van der Waals surface area contributed by atoms with E-state index < -0.39 is 47.2 Å². The van der Waals surface area contributed by atoms with Crippen molar-refractivity contribution in [3.8, 4) is 6.07 Å². The molecule has 196 valence electrons. The van der Waals surface area contributed by atoms with Crippen LogP contribution >= 0.6 is 11.6 Å². The maximum absolute atomic E-state index is 14.1. The van der Waals surface area contributed by atoms with E-state index in [0.717, 1.165) is 21.3 Å². The van der Waals surface area contributed by atoms with E-state index in [9.17, 15) is 31.7 Å². The number of nitrogens with zero attached hydrogens (tertiary/aromatic N) is 3. The molecule has 0 saturated carbocycles. The van der Waals surface area contributed by atoms with Crippen LogP contribution in [0.3, 0.4) is 0 Å². The van der Waals surface area contributed by atoms with Crippen molar-refractivity contribution in [2.75, 3.05) is 9.21 Å². The maximum atomic E-state index is 14.1. The number of benzene rings is 3. The molecule has 0 aliphatic carbocycles. The Morgan fingerprint density at radius 1 is 0.895 bits per heavy atom. The second-order valence-corrected chi connectivity index (χ2v) is 13.0. The SMILES string of the molecule is CC(C)(C)N(c1ccc(Cl)c2c1C(=O)N(c1cccc(C#N)c1)C2=O)S(=O)(=O)c1ccccc1S(N)(=O)=O. The average molecular weight is 573 g/mol. The van der Waals surface area contributed by atoms with Crippen LogP contribution in [0.25, 0.3) is 0 Å². The summed E-state index contributed by atoms with van der Waals surface area (Å²) in [5.41, 5.74) is -1.65. The molecule has 0 aromatic heterocycles. The largest absolute Gasteiger partial charge is 0.268 e. The topological polar surface area (TPSA) is 159 Å². The molecule has 1 heterocycles. The number of carbonyl (C=O) groups excluding carboxylic acids is 2. The van der Waals surface area contributed by atoms with Crippen LogP contribution < -0.4 is 14.3 Å². The lowest BCUT2D eigenvalue weighted by molar-refractivity contribution is 0.0926. The van der Waals surface area contributed by atoms with E-state index in [1.807, 2.05) is 6.07 Å². The first-order valence-electron chi connectivity index (χ1n) is 11.0. The Bertz CT molecular complexity index is 1770. The summed E-state index contributed by atoms with van der Waals surface area (Å²) in [5.74, 6) is -1.66. The summed E-state index contributed by atoms with van der Waals surface area (Å²) < 4.78 is 53.5. The molecule has 0 radical (unpaired) electrons. The number of sulfonamides is 2. The molecule has 0 spiro atoms. The van der Waals surface area contributed by atoms with Gasteiger partial charge in [0, 0.05) is 5.54 Å². The molecular formula is C25H21ClN4O6S2. The van der Waals surface area contributed by atoms with E-state index in [1.165, 1.54) is 48.5 Å². The Morgan fingerprint density at radius 3 is 2.08 bits per heavy atom. The van der Waals surface area contributed by atoms with E-state index in [-0.39, 0.29) is 33.1 Å². The Kier molecular flexibility index (Phi) is 6.61. The fraction of sp³-hybridized carbons (Fsp3) is 0.160. The zero-order valence-corrected chi connectivity index (χ0v) is 22.7. The first-order chi connectivity index (χ1) is 17.6. The fourth-order valence-corrected chi connectivity index (χ4v) is 7.70. The molecule has 0 bridgehead atoms. The van der Waals surface area contributed by atoms with Gasteiger partial charge in [-0.05, 0) is 63.2 Å². The third-order valence-electron chi connectivity index (χ3n) is 5.70. The van der Waals surface area contributed by atoms with E-state index >= 15 is 0 Å². The molecule has 0 atom stereocenters. The minimum absolute atomic E-state index is 0.0859. The van der Waals surface area contributed by atoms with Gasteiger partial charge >= 0.3 is 0 Å². The van der Waals surface area contributed by atoms with Crippen LogP contribution in [0.1, 0.15) is 47.1 Å². The summed E-state index contributed by atoms with van der Waals surface area (Å²) >= 11 is 6.33. The van der Waals surface area contributed by atoms with Crippen molar-refractivity contribution in [2.45, 2.75) is 36.1 Å². The van der Waals surface area contributed by atoms with Gasteiger partial charge in [-0.1, -0.05) is 29.8 Å². The number of anilines is 2. The van der Waals surface area contributed by atoms with Gasteiger partial charge in [0.25, 0.3) is 21.8 Å². The van der Waals surface area contributed by atoms with Gasteiger partial charge in [-0.3, -0.25) is 13.9 Å². The number of carbonyl (C=O) groups is 2. The fourth-order valence-electron chi connectivity index (χ4n) is 4.27. The molecule has 4 rings (SSSR count). The first kappa shape index (κ1) is 27.3. The van der Waals surface area contributed by atoms with Gasteiger partial charge in [-0.15, -0.1) is 0 Å². The van der Waals surface area contributed by atoms with Crippen molar-refractivity contribution >= 4 is 54.8 Å². The van der Waals surface area contributed by atoms with Crippen molar-refractivity contribution in [2.24, 2.45) is 5.14 Å². The number of amides is 2. The van der Waals surface area contributed by atoms with Crippen LogP contribution in [-0.4, -0.2) is 34.2 Å². The van der Waals surface area contributed by atoms with Gasteiger partial charge in [0.1, 0.15) is 9.79 Å². The number of imide groups is 1. The molecule has 13 heteroatoms. The first-order valence-corrected chi connectivity index (χ1v) is 14.4. The molecule has 0 fully saturated rings. The summed E-state index contributed by atoms with van der Waals surface area (Å²) in [6.07, 6.45) is 0. The molecule has 0 saturated heterocycles. The lowest BCUT2D eigenvalue weighted by Gasteiger charge is -2.37. The number of primary sulfonamides is 1. The highest BCUT2D eigenvalue weighted by Gasteiger charge is 2.46. The smallest absolute Gasteiger partial charge is 0.268 e. The van der Waals surface area contributed by atoms with Crippen molar-refractivity contribution in [1.82, 2.24) is 0 Å². The normalized spacial score (nSPS) is 13.8. The average Bonchev–Trinajstić information content (AvgIpc) is 3.10. The molecule has 3 aromatic rings. The molecule has 2 N–H and O–H groups in total. The third-order valence-corrected chi connectivity index (χ3v) is 9.25. The quantitative estimate of drug-likeness (QED) is 0.457. The number of nitrogens with two attached hydrogens (primary N) is 1. The van der Waals surface area contributed by atoms with Gasteiger partial charge in [0.15, 0.2) is 0 Å². The summed E-state index contributed by atoms with van der Waals surface area (Å²) in [5, 5.41) is 14.5. The molecule has 1 aliphatic heterocycles. The molecule has 3 aromatic carbocycles. The van der Waals surface area contributed by atoms with Gasteiger partial charge < -0.3 is 0 Å². The molecule has 0 unspecified atom stereocenters. The van der Waals surface area contributed by atoms with Gasteiger partial charge in [0.05, 0.1) is 39.2 Å². The van der Waals surface area contributed by atoms with Crippen LogP contribution in [0.4, 0.5) is 11.4 Å². The highest BCUT2D eigenvalue weighted by Crippen LogP contribution is 2.43. The minimum atomic E-state index is -4.69. The van der Waals surface area contributed by atoms with E-state index in [4.69, 9.17) is 16.7 Å². The van der Waals surface area contributed by atoms with E-state index in [2.05, 4.69) is 0 Å². The van der Waals surface area contributed by atoms with Crippen molar-refractivity contribution in [1.29, 1.82) is 5.26 Å². The van der Waals surface area contributed by atoms with Crippen LogP contribution in [0.5, 0.6) is 0 Å². The third kappa shape index (κ3) is 4.43. The number of rotatable bonds is 5. The zero-order valence-electron chi connectivity index (χ0n) is 20.3. The minimum Gasteiger partial charge on any atom is -0.268 e. The summed E-state index contributed by atoms with van der Waals surface area (Å²) in [4.78, 5) is 26.7. The Labute approximate surface area is 224 Å². The summed E-state index contributed by atoms with van der Waals surface area (Å²) in [6.45, 7) is 4.63. The molecule has 2 amide bonds. The predicted octanol–water partition coefficient (Wildman–Crippen LogP) is 3.65. The molecule has 1 aliphatic rings. The van der Waals surface area contributed by atoms with Crippen molar-refractivity contribution < 1.29 is 26.4 Å². The van der Waals surface area contributed by atoms with E-state index in [1.54, 1.807) is 20.8 Å². The number of fused-ring (bicyclic) bond motifs is 1. The second kappa shape index (κ2) is 9.21. The maximum Gasteiger partial charge on any atom is 0.268 e. The second-order valence-electron chi connectivity index (χ2n) is 9.36. The number of halogens is 1. The highest BCUT2D eigenvalue weighted by molar-refractivity contribution is 7.94. The number of nitriles is 1. The highest BCUT2D eigenvalue weighted by atomic mass is 35.5. The van der Waals surface area contributed by atoms with E-state index in [0.29, 0.717) is 0 Å². The summed E-state index contributed by atoms with van der Waals surface area (Å²) in [6, 6.07) is 15.1. The molecule has 38 heavy (non-hydrogen) atoms. The van der Waals surface area contributed by atoms with Crippen LogP contribution in [-0.2, 0) is 20.0 Å². The van der Waals surface area contributed by atoms with Gasteiger partial charge in [-0.2, -0.15) is 5.26 Å². The van der Waals surface area contributed by atoms with Crippen molar-refractivity contribution in [3.05, 3.63) is 82.4 Å². The van der Waals surface area contributed by atoms with Gasteiger partial charge in [0.2, 0.25) is 10.0 Å². The number of hydrogen-bond acceptors (Lipinski definition) is 7. The Hall–Kier alpha value is -3.76. The van der Waals surface area contributed by atoms with Crippen LogP contribution in [0.2, 0.25) is 5.02 Å². The van der Waals surface area contributed by atoms with Crippen molar-refractivity contribution in [3.63, 3.8) is 0 Å². The molecular weight excluding hydrogens is 552 g/mol. The monoisotopic (exact) mass is 572 g/mol. The lowest BCUT2D eigenvalue weighted by Crippen LogP contribution is -2.47. The summed E-state index contributed by atoms with van der Waals surface area (Å²) in [7, 11) is -9.14. The zero-order chi connectivity index (χ0) is 28.2. The number of hydrogen-bond donors (Lipinski definition) is 1. The predicted molar refractivity (Wildman–Crippen MR) is 141 cm³/mol. The standard InChI is InChI=1S/C25H21ClN4O6S2/c1-25(2,3)30(38(35,36)20-10-5-4-9-19(20)37(28,33)34)18-12-11-17(26)21-22(18)24(32)29(23(21)31)16-8-6-7-15(13-16)14-27/h4-13H,1-3H3,(H2,28,33,34). The lowest BCUT2D eigenvalue weighted by atomic mass is 10.0. The van der Waals surface area contributed by atoms with Crippen LogP contribution in [0, 0.1) is 11.3 Å². The van der Waals surface area contributed by atoms with Gasteiger partial charge in [-0.25, -0.2) is 26.9 Å².